The predicted molar refractivity (Wildman–Crippen MR) is 107 cm³/mol. The summed E-state index contributed by atoms with van der Waals surface area (Å²) in [6, 6.07) is 14.8. The molecule has 4 aromatic rings. The van der Waals surface area contributed by atoms with Crippen molar-refractivity contribution in [2.45, 2.75) is 26.3 Å². The number of nitrogens with two attached hydrogens (primary N) is 1. The molecule has 1 heterocycles. The van der Waals surface area contributed by atoms with Gasteiger partial charge in [0.25, 0.3) is 0 Å². The number of primary amides is 1. The third-order valence-electron chi connectivity index (χ3n) is 5.10. The molecule has 142 valence electrons. The quantitative estimate of drug-likeness (QED) is 0.512. The van der Waals surface area contributed by atoms with Crippen LogP contribution in [-0.2, 0) is 13.0 Å². The second-order valence-corrected chi connectivity index (χ2v) is 6.99. The molecule has 0 spiro atoms. The smallest absolute Gasteiger partial charge is 0.249 e. The van der Waals surface area contributed by atoms with E-state index in [9.17, 15) is 13.6 Å². The summed E-state index contributed by atoms with van der Waals surface area (Å²) < 4.78 is 29.9. The van der Waals surface area contributed by atoms with Gasteiger partial charge in [-0.3, -0.25) is 4.79 Å². The van der Waals surface area contributed by atoms with Gasteiger partial charge in [0.2, 0.25) is 5.91 Å². The third-order valence-corrected chi connectivity index (χ3v) is 5.10. The highest BCUT2D eigenvalue weighted by Crippen LogP contribution is 2.33. The second kappa shape index (κ2) is 7.08. The van der Waals surface area contributed by atoms with Crippen LogP contribution in [-0.4, -0.2) is 10.5 Å². The second-order valence-electron chi connectivity index (χ2n) is 6.99. The van der Waals surface area contributed by atoms with Crippen LogP contribution >= 0.6 is 0 Å². The fraction of sp³-hybridized carbons (Fsp3) is 0.174. The maximum absolute atomic E-state index is 14.3. The average molecular weight is 378 g/mol. The largest absolute Gasteiger partial charge is 0.366 e. The number of halogens is 2. The monoisotopic (exact) mass is 378 g/mol. The standard InChI is InChI=1S/C23H20F2N2O/c1-2-4-14-7-9-17-21(11-14)27(13-15-12-16(24)8-10-19(15)25)20-6-3-5-18(22(17)20)23(26)28/h3,5-12H,2,4,13H2,1H3,(H2,26,28). The molecule has 1 aromatic heterocycles. The summed E-state index contributed by atoms with van der Waals surface area (Å²) in [7, 11) is 0. The number of rotatable bonds is 5. The van der Waals surface area contributed by atoms with Crippen LogP contribution < -0.4 is 5.73 Å². The van der Waals surface area contributed by atoms with Gasteiger partial charge in [0, 0.05) is 27.4 Å². The van der Waals surface area contributed by atoms with E-state index in [0.717, 1.165) is 52.3 Å². The summed E-state index contributed by atoms with van der Waals surface area (Å²) in [4.78, 5) is 12.0. The Morgan fingerprint density at radius 1 is 1.04 bits per heavy atom. The maximum Gasteiger partial charge on any atom is 0.249 e. The van der Waals surface area contributed by atoms with Crippen molar-refractivity contribution in [3.8, 4) is 0 Å². The summed E-state index contributed by atoms with van der Waals surface area (Å²) in [5.74, 6) is -1.46. The number of nitrogens with zero attached hydrogens (tertiary/aromatic N) is 1. The Balaban J connectivity index is 2.03. The Labute approximate surface area is 161 Å². The van der Waals surface area contributed by atoms with E-state index in [-0.39, 0.29) is 12.1 Å². The fourth-order valence-corrected chi connectivity index (χ4v) is 3.84. The maximum atomic E-state index is 14.3. The van der Waals surface area contributed by atoms with Gasteiger partial charge in [-0.2, -0.15) is 0 Å². The van der Waals surface area contributed by atoms with Gasteiger partial charge in [-0.1, -0.05) is 31.5 Å². The molecule has 2 N–H and O–H groups in total. The van der Waals surface area contributed by atoms with Crippen molar-refractivity contribution in [2.75, 3.05) is 0 Å². The van der Waals surface area contributed by atoms with E-state index in [0.29, 0.717) is 5.56 Å². The number of aryl methyl sites for hydroxylation is 1. The van der Waals surface area contributed by atoms with Crippen molar-refractivity contribution in [3.63, 3.8) is 0 Å². The lowest BCUT2D eigenvalue weighted by Crippen LogP contribution is -2.11. The summed E-state index contributed by atoms with van der Waals surface area (Å²) in [6.45, 7) is 2.26. The van der Waals surface area contributed by atoms with Gasteiger partial charge in [0.15, 0.2) is 0 Å². The van der Waals surface area contributed by atoms with Gasteiger partial charge in [0.05, 0.1) is 12.1 Å². The highest BCUT2D eigenvalue weighted by molar-refractivity contribution is 6.17. The zero-order chi connectivity index (χ0) is 19.8. The van der Waals surface area contributed by atoms with E-state index in [1.165, 1.54) is 6.07 Å². The number of fused-ring (bicyclic) bond motifs is 3. The molecule has 0 unspecified atom stereocenters. The van der Waals surface area contributed by atoms with Crippen molar-refractivity contribution in [3.05, 3.63) is 82.9 Å². The van der Waals surface area contributed by atoms with Crippen LogP contribution in [0.4, 0.5) is 8.78 Å². The Morgan fingerprint density at radius 2 is 1.86 bits per heavy atom. The van der Waals surface area contributed by atoms with Gasteiger partial charge >= 0.3 is 0 Å². The minimum absolute atomic E-state index is 0.154. The molecule has 0 aliphatic rings. The van der Waals surface area contributed by atoms with Crippen LogP contribution in [0.3, 0.4) is 0 Å². The number of hydrogen-bond acceptors (Lipinski definition) is 1. The van der Waals surface area contributed by atoms with Crippen molar-refractivity contribution in [1.82, 2.24) is 4.57 Å². The van der Waals surface area contributed by atoms with Crippen LogP contribution in [0, 0.1) is 11.6 Å². The van der Waals surface area contributed by atoms with E-state index in [4.69, 9.17) is 5.73 Å². The molecule has 0 saturated carbocycles. The zero-order valence-corrected chi connectivity index (χ0v) is 15.5. The molecule has 0 bridgehead atoms. The van der Waals surface area contributed by atoms with E-state index in [1.807, 2.05) is 22.8 Å². The molecule has 0 saturated heterocycles. The molecule has 3 nitrogen and oxygen atoms in total. The van der Waals surface area contributed by atoms with Crippen LogP contribution in [0.2, 0.25) is 0 Å². The first-order valence-electron chi connectivity index (χ1n) is 9.27. The molecular formula is C23H20F2N2O. The van der Waals surface area contributed by atoms with Crippen LogP contribution in [0.1, 0.15) is 34.8 Å². The van der Waals surface area contributed by atoms with Crippen LogP contribution in [0.15, 0.2) is 54.6 Å². The number of carbonyl (C=O) groups excluding carboxylic acids is 1. The van der Waals surface area contributed by atoms with Gasteiger partial charge in [-0.05, 0) is 48.4 Å². The first kappa shape index (κ1) is 18.2. The lowest BCUT2D eigenvalue weighted by atomic mass is 10.0. The van der Waals surface area contributed by atoms with Crippen molar-refractivity contribution >= 4 is 27.7 Å². The van der Waals surface area contributed by atoms with Gasteiger partial charge in [-0.25, -0.2) is 8.78 Å². The Bertz CT molecular complexity index is 1210. The minimum atomic E-state index is -0.515. The Hall–Kier alpha value is -3.21. The summed E-state index contributed by atoms with van der Waals surface area (Å²) >= 11 is 0. The minimum Gasteiger partial charge on any atom is -0.366 e. The van der Waals surface area contributed by atoms with Crippen LogP contribution in [0.25, 0.3) is 21.8 Å². The van der Waals surface area contributed by atoms with E-state index < -0.39 is 17.5 Å². The Kier molecular flexibility index (Phi) is 4.59. The van der Waals surface area contributed by atoms with Gasteiger partial charge in [-0.15, -0.1) is 0 Å². The first-order chi connectivity index (χ1) is 13.5. The predicted octanol–water partition coefficient (Wildman–Crippen LogP) is 5.17. The number of amides is 1. The summed E-state index contributed by atoms with van der Waals surface area (Å²) in [5.41, 5.74) is 9.06. The van der Waals surface area contributed by atoms with Crippen LogP contribution in [0.5, 0.6) is 0 Å². The van der Waals surface area contributed by atoms with Crippen molar-refractivity contribution < 1.29 is 13.6 Å². The molecule has 4 rings (SSSR count). The summed E-state index contributed by atoms with van der Waals surface area (Å²) in [6.07, 6.45) is 1.91. The SMILES string of the molecule is CCCc1ccc2c3c(C(N)=O)cccc3n(Cc3cc(F)ccc3F)c2c1. The number of hydrogen-bond donors (Lipinski definition) is 1. The molecule has 0 aliphatic heterocycles. The first-order valence-corrected chi connectivity index (χ1v) is 9.27. The molecule has 5 heteroatoms. The molecule has 0 fully saturated rings. The number of aromatic nitrogens is 1. The highest BCUT2D eigenvalue weighted by atomic mass is 19.1. The number of benzene rings is 3. The zero-order valence-electron chi connectivity index (χ0n) is 15.5. The molecule has 0 atom stereocenters. The number of carbonyl (C=O) groups is 1. The summed E-state index contributed by atoms with van der Waals surface area (Å²) in [5, 5.41) is 1.62. The molecule has 0 aliphatic carbocycles. The van der Waals surface area contributed by atoms with Gasteiger partial charge < -0.3 is 10.3 Å². The van der Waals surface area contributed by atoms with E-state index in [1.54, 1.807) is 12.1 Å². The molecule has 1 amide bonds. The third kappa shape index (κ3) is 3.03. The molecule has 3 aromatic carbocycles. The normalized spacial score (nSPS) is 11.4. The van der Waals surface area contributed by atoms with Crippen molar-refractivity contribution in [2.24, 2.45) is 5.73 Å². The average Bonchev–Trinajstić information content (AvgIpc) is 2.98. The van der Waals surface area contributed by atoms with E-state index in [2.05, 4.69) is 13.0 Å². The van der Waals surface area contributed by atoms with Crippen molar-refractivity contribution in [1.29, 1.82) is 0 Å². The lowest BCUT2D eigenvalue weighted by molar-refractivity contribution is 0.100. The topological polar surface area (TPSA) is 48.0 Å². The molecule has 28 heavy (non-hydrogen) atoms. The Morgan fingerprint density at radius 3 is 2.61 bits per heavy atom. The molecule has 0 radical (unpaired) electrons. The lowest BCUT2D eigenvalue weighted by Gasteiger charge is -2.10. The van der Waals surface area contributed by atoms with Gasteiger partial charge in [0.1, 0.15) is 11.6 Å². The molecular weight excluding hydrogens is 358 g/mol. The van der Waals surface area contributed by atoms with E-state index >= 15 is 0 Å². The highest BCUT2D eigenvalue weighted by Gasteiger charge is 2.18. The fourth-order valence-electron chi connectivity index (χ4n) is 3.84.